The van der Waals surface area contributed by atoms with E-state index in [9.17, 15) is 4.79 Å². The molecule has 0 radical (unpaired) electrons. The van der Waals surface area contributed by atoms with Crippen molar-refractivity contribution in [3.05, 3.63) is 24.2 Å². The van der Waals surface area contributed by atoms with Gasteiger partial charge in [-0.15, -0.1) is 0 Å². The average Bonchev–Trinajstić information content (AvgIpc) is 3.21. The maximum Gasteiger partial charge on any atom is 0.289 e. The van der Waals surface area contributed by atoms with E-state index in [4.69, 9.17) is 13.9 Å². The summed E-state index contributed by atoms with van der Waals surface area (Å²) in [5.41, 5.74) is 0. The van der Waals surface area contributed by atoms with Crippen molar-refractivity contribution in [1.29, 1.82) is 0 Å². The van der Waals surface area contributed by atoms with Crippen LogP contribution in [0.3, 0.4) is 0 Å². The van der Waals surface area contributed by atoms with Crippen LogP contribution < -0.4 is 5.32 Å². The molecular formula is C18H30N4O4. The van der Waals surface area contributed by atoms with Crippen LogP contribution in [0.1, 0.15) is 23.9 Å². The van der Waals surface area contributed by atoms with Gasteiger partial charge >= 0.3 is 0 Å². The van der Waals surface area contributed by atoms with E-state index < -0.39 is 0 Å². The Morgan fingerprint density at radius 1 is 1.23 bits per heavy atom. The molecule has 0 aliphatic carbocycles. The summed E-state index contributed by atoms with van der Waals surface area (Å²) in [4.78, 5) is 21.0. The lowest BCUT2D eigenvalue weighted by molar-refractivity contribution is 0.0656. The van der Waals surface area contributed by atoms with Gasteiger partial charge in [-0.1, -0.05) is 0 Å². The molecule has 0 saturated carbocycles. The van der Waals surface area contributed by atoms with Crippen molar-refractivity contribution in [1.82, 2.24) is 15.1 Å². The first-order chi connectivity index (χ1) is 12.8. The van der Waals surface area contributed by atoms with E-state index in [1.807, 2.05) is 4.90 Å². The lowest BCUT2D eigenvalue weighted by atomic mass is 10.3. The van der Waals surface area contributed by atoms with Crippen LogP contribution in [0.5, 0.6) is 0 Å². The van der Waals surface area contributed by atoms with Crippen molar-refractivity contribution < 1.29 is 18.7 Å². The predicted octanol–water partition coefficient (Wildman–Crippen LogP) is 1.06. The van der Waals surface area contributed by atoms with E-state index >= 15 is 0 Å². The second-order valence-corrected chi connectivity index (χ2v) is 5.95. The van der Waals surface area contributed by atoms with Gasteiger partial charge in [0.1, 0.15) is 0 Å². The molecule has 1 aliphatic rings. The molecule has 8 nitrogen and oxygen atoms in total. The quantitative estimate of drug-likeness (QED) is 0.400. The number of furan rings is 1. The predicted molar refractivity (Wildman–Crippen MR) is 99.5 cm³/mol. The number of ether oxygens (including phenoxy) is 2. The van der Waals surface area contributed by atoms with Gasteiger partial charge in [-0.3, -0.25) is 9.79 Å². The fraction of sp³-hybridized carbons (Fsp3) is 0.667. The third-order valence-corrected chi connectivity index (χ3v) is 4.07. The highest BCUT2D eigenvalue weighted by molar-refractivity contribution is 5.91. The lowest BCUT2D eigenvalue weighted by Crippen LogP contribution is -2.53. The van der Waals surface area contributed by atoms with Crippen LogP contribution in [0.4, 0.5) is 0 Å². The molecule has 1 amide bonds. The normalized spacial score (nSPS) is 15.4. The Bertz CT molecular complexity index is 539. The molecule has 1 aliphatic heterocycles. The minimum absolute atomic E-state index is 0.0511. The molecule has 0 spiro atoms. The Kier molecular flexibility index (Phi) is 8.99. The highest BCUT2D eigenvalue weighted by Crippen LogP contribution is 2.09. The maximum absolute atomic E-state index is 12.3. The molecular weight excluding hydrogens is 336 g/mol. The first-order valence-electron chi connectivity index (χ1n) is 9.19. The molecule has 26 heavy (non-hydrogen) atoms. The van der Waals surface area contributed by atoms with Crippen molar-refractivity contribution in [2.75, 3.05) is 66.2 Å². The number of hydrogen-bond donors (Lipinski definition) is 1. The topological polar surface area (TPSA) is 79.5 Å². The Balaban J connectivity index is 1.76. The van der Waals surface area contributed by atoms with Crippen LogP contribution in [0.2, 0.25) is 0 Å². The van der Waals surface area contributed by atoms with Gasteiger partial charge in [0.05, 0.1) is 19.5 Å². The molecule has 146 valence electrons. The Hall–Kier alpha value is -2.06. The van der Waals surface area contributed by atoms with E-state index in [1.54, 1.807) is 19.2 Å². The molecule has 0 unspecified atom stereocenters. The maximum atomic E-state index is 12.3. The zero-order valence-corrected chi connectivity index (χ0v) is 15.8. The van der Waals surface area contributed by atoms with Gasteiger partial charge in [0.2, 0.25) is 0 Å². The van der Waals surface area contributed by atoms with Crippen LogP contribution in [0.15, 0.2) is 27.8 Å². The van der Waals surface area contributed by atoms with Crippen LogP contribution in [-0.4, -0.2) is 87.9 Å². The van der Waals surface area contributed by atoms with E-state index in [1.165, 1.54) is 6.26 Å². The molecule has 2 heterocycles. The standard InChI is InChI=1S/C18H30N4O4/c1-3-19-18(20-7-5-12-25-15-14-24-2)22-10-8-21(9-11-22)17(23)16-6-4-13-26-16/h4,6,13H,3,5,7-12,14-15H2,1-2H3,(H,19,20). The number of aliphatic imine (C=N–C) groups is 1. The summed E-state index contributed by atoms with van der Waals surface area (Å²) in [5, 5.41) is 3.33. The number of rotatable bonds is 9. The van der Waals surface area contributed by atoms with Gasteiger partial charge in [-0.05, 0) is 25.5 Å². The summed E-state index contributed by atoms with van der Waals surface area (Å²) in [7, 11) is 1.66. The van der Waals surface area contributed by atoms with Gasteiger partial charge in [0, 0.05) is 53.0 Å². The van der Waals surface area contributed by atoms with E-state index in [0.717, 1.165) is 32.0 Å². The van der Waals surface area contributed by atoms with E-state index in [2.05, 4.69) is 22.1 Å². The SMILES string of the molecule is CCNC(=NCCCOCCOC)N1CCN(C(=O)c2ccco2)CC1. The number of piperazine rings is 1. The fourth-order valence-electron chi connectivity index (χ4n) is 2.70. The number of methoxy groups -OCH3 is 1. The summed E-state index contributed by atoms with van der Waals surface area (Å²) >= 11 is 0. The summed E-state index contributed by atoms with van der Waals surface area (Å²) in [5.74, 6) is 1.24. The highest BCUT2D eigenvalue weighted by Gasteiger charge is 2.25. The third-order valence-electron chi connectivity index (χ3n) is 4.07. The number of nitrogens with one attached hydrogen (secondary N) is 1. The molecule has 8 heteroatoms. The molecule has 0 aromatic carbocycles. The summed E-state index contributed by atoms with van der Waals surface area (Å²) in [6, 6.07) is 3.44. The fourth-order valence-corrected chi connectivity index (χ4v) is 2.70. The summed E-state index contributed by atoms with van der Waals surface area (Å²) < 4.78 is 15.6. The summed E-state index contributed by atoms with van der Waals surface area (Å²) in [6.45, 7) is 8.31. The van der Waals surface area contributed by atoms with Crippen LogP contribution in [0, 0.1) is 0 Å². The van der Waals surface area contributed by atoms with Gasteiger partial charge < -0.3 is 29.0 Å². The molecule has 1 fully saturated rings. The Labute approximate surface area is 155 Å². The minimum Gasteiger partial charge on any atom is -0.459 e. The minimum atomic E-state index is -0.0511. The number of carbonyl (C=O) groups excluding carboxylic acids is 1. The molecule has 1 saturated heterocycles. The van der Waals surface area contributed by atoms with E-state index in [0.29, 0.717) is 45.2 Å². The van der Waals surface area contributed by atoms with Crippen molar-refractivity contribution >= 4 is 11.9 Å². The van der Waals surface area contributed by atoms with E-state index in [-0.39, 0.29) is 5.91 Å². The van der Waals surface area contributed by atoms with Crippen LogP contribution in [0.25, 0.3) is 0 Å². The second-order valence-electron chi connectivity index (χ2n) is 5.95. The largest absolute Gasteiger partial charge is 0.459 e. The zero-order chi connectivity index (χ0) is 18.6. The molecule has 1 aromatic heterocycles. The lowest BCUT2D eigenvalue weighted by Gasteiger charge is -2.36. The number of guanidine groups is 1. The van der Waals surface area contributed by atoms with Crippen molar-refractivity contribution in [2.45, 2.75) is 13.3 Å². The number of carbonyl (C=O) groups is 1. The van der Waals surface area contributed by atoms with Crippen LogP contribution >= 0.6 is 0 Å². The smallest absolute Gasteiger partial charge is 0.289 e. The first-order valence-corrected chi connectivity index (χ1v) is 9.19. The van der Waals surface area contributed by atoms with Gasteiger partial charge in [0.15, 0.2) is 11.7 Å². The van der Waals surface area contributed by atoms with Crippen molar-refractivity contribution in [3.8, 4) is 0 Å². The second kappa shape index (κ2) is 11.5. The van der Waals surface area contributed by atoms with Crippen molar-refractivity contribution in [2.24, 2.45) is 4.99 Å². The zero-order valence-electron chi connectivity index (χ0n) is 15.8. The Morgan fingerprint density at radius 3 is 2.65 bits per heavy atom. The Morgan fingerprint density at radius 2 is 2.00 bits per heavy atom. The molecule has 0 bridgehead atoms. The molecule has 1 N–H and O–H groups in total. The van der Waals surface area contributed by atoms with Crippen LogP contribution in [-0.2, 0) is 9.47 Å². The molecule has 0 atom stereocenters. The van der Waals surface area contributed by atoms with Gasteiger partial charge in [-0.2, -0.15) is 0 Å². The van der Waals surface area contributed by atoms with Gasteiger partial charge in [0.25, 0.3) is 5.91 Å². The monoisotopic (exact) mass is 366 g/mol. The van der Waals surface area contributed by atoms with Crippen molar-refractivity contribution in [3.63, 3.8) is 0 Å². The number of amides is 1. The van der Waals surface area contributed by atoms with Gasteiger partial charge in [-0.25, -0.2) is 0 Å². The molecule has 1 aromatic rings. The number of nitrogens with zero attached hydrogens (tertiary/aromatic N) is 3. The summed E-state index contributed by atoms with van der Waals surface area (Å²) in [6.07, 6.45) is 2.40. The number of hydrogen-bond acceptors (Lipinski definition) is 5. The average molecular weight is 366 g/mol. The third kappa shape index (κ3) is 6.34. The first kappa shape index (κ1) is 20.3. The highest BCUT2D eigenvalue weighted by atomic mass is 16.5. The molecule has 2 rings (SSSR count).